The molecule has 1 heterocycles. The highest BCUT2D eigenvalue weighted by atomic mass is 16.7. The largest absolute Gasteiger partial charge is 0.493 e. The van der Waals surface area contributed by atoms with Gasteiger partial charge in [0.25, 0.3) is 0 Å². The molecule has 0 spiro atoms. The van der Waals surface area contributed by atoms with E-state index >= 15 is 0 Å². The molecule has 88 valence electrons. The van der Waals surface area contributed by atoms with E-state index in [0.29, 0.717) is 23.8 Å². The van der Waals surface area contributed by atoms with Crippen LogP contribution in [0.5, 0.6) is 17.2 Å². The molecule has 0 fully saturated rings. The van der Waals surface area contributed by atoms with Crippen molar-refractivity contribution in [2.75, 3.05) is 27.5 Å². The Morgan fingerprint density at radius 2 is 2.31 bits per heavy atom. The van der Waals surface area contributed by atoms with Gasteiger partial charge in [-0.2, -0.15) is 0 Å². The molecule has 1 aromatic rings. The zero-order chi connectivity index (χ0) is 11.5. The lowest BCUT2D eigenvalue weighted by atomic mass is 10.1. The van der Waals surface area contributed by atoms with Gasteiger partial charge in [-0.3, -0.25) is 0 Å². The van der Waals surface area contributed by atoms with Crippen LogP contribution in [0.4, 0.5) is 0 Å². The van der Waals surface area contributed by atoms with E-state index in [4.69, 9.17) is 19.9 Å². The fraction of sp³-hybridized carbons (Fsp3) is 0.455. The third kappa shape index (κ3) is 1.79. The molecule has 0 saturated heterocycles. The minimum absolute atomic E-state index is 0.0865. The second-order valence-electron chi connectivity index (χ2n) is 3.53. The van der Waals surface area contributed by atoms with Crippen molar-refractivity contribution in [2.45, 2.75) is 6.04 Å². The van der Waals surface area contributed by atoms with Crippen molar-refractivity contribution < 1.29 is 14.2 Å². The highest BCUT2D eigenvalue weighted by molar-refractivity contribution is 5.55. The van der Waals surface area contributed by atoms with Gasteiger partial charge in [0.2, 0.25) is 12.5 Å². The zero-order valence-electron chi connectivity index (χ0n) is 9.45. The van der Waals surface area contributed by atoms with E-state index in [1.807, 2.05) is 19.2 Å². The number of nitrogens with one attached hydrogen (secondary N) is 1. The van der Waals surface area contributed by atoms with Crippen LogP contribution in [0, 0.1) is 0 Å². The first-order valence-electron chi connectivity index (χ1n) is 5.15. The van der Waals surface area contributed by atoms with Crippen molar-refractivity contribution in [3.63, 3.8) is 0 Å². The van der Waals surface area contributed by atoms with Gasteiger partial charge in [-0.05, 0) is 24.7 Å². The Balaban J connectivity index is 2.41. The molecule has 1 atom stereocenters. The molecule has 0 radical (unpaired) electrons. The Morgan fingerprint density at radius 3 is 2.94 bits per heavy atom. The van der Waals surface area contributed by atoms with Crippen LogP contribution in [-0.2, 0) is 0 Å². The van der Waals surface area contributed by atoms with Crippen molar-refractivity contribution in [3.8, 4) is 17.2 Å². The molecule has 1 aliphatic heterocycles. The lowest BCUT2D eigenvalue weighted by molar-refractivity contribution is 0.171. The highest BCUT2D eigenvalue weighted by Crippen LogP contribution is 2.42. The minimum atomic E-state index is 0.0865. The summed E-state index contributed by atoms with van der Waals surface area (Å²) in [5, 5.41) is 3.13. The molecular formula is C11H16N2O3. The SMILES string of the molecule is CNC(CN)c1cc(OC)c2c(c1)OCO2. The minimum Gasteiger partial charge on any atom is -0.493 e. The first kappa shape index (κ1) is 11.0. The van der Waals surface area contributed by atoms with Gasteiger partial charge >= 0.3 is 0 Å². The lowest BCUT2D eigenvalue weighted by Gasteiger charge is -2.16. The number of hydrogen-bond acceptors (Lipinski definition) is 5. The fourth-order valence-electron chi connectivity index (χ4n) is 1.77. The van der Waals surface area contributed by atoms with Gasteiger partial charge in [0.1, 0.15) is 0 Å². The molecule has 0 bridgehead atoms. The average Bonchev–Trinajstić information content (AvgIpc) is 2.77. The number of fused-ring (bicyclic) bond motifs is 1. The van der Waals surface area contributed by atoms with Gasteiger partial charge in [-0.1, -0.05) is 0 Å². The monoisotopic (exact) mass is 224 g/mol. The summed E-state index contributed by atoms with van der Waals surface area (Å²) in [5.74, 6) is 2.06. The first-order chi connectivity index (χ1) is 7.80. The van der Waals surface area contributed by atoms with Crippen molar-refractivity contribution >= 4 is 0 Å². The molecule has 0 aliphatic carbocycles. The van der Waals surface area contributed by atoms with E-state index < -0.39 is 0 Å². The maximum atomic E-state index is 5.68. The zero-order valence-corrected chi connectivity index (χ0v) is 9.45. The van der Waals surface area contributed by atoms with Gasteiger partial charge in [0.05, 0.1) is 7.11 Å². The van der Waals surface area contributed by atoms with E-state index in [0.717, 1.165) is 5.56 Å². The normalized spacial score (nSPS) is 14.9. The van der Waals surface area contributed by atoms with Gasteiger partial charge in [0, 0.05) is 12.6 Å². The Morgan fingerprint density at radius 1 is 1.50 bits per heavy atom. The molecule has 2 rings (SSSR count). The van der Waals surface area contributed by atoms with Gasteiger partial charge in [-0.25, -0.2) is 0 Å². The van der Waals surface area contributed by atoms with Crippen LogP contribution in [0.15, 0.2) is 12.1 Å². The second kappa shape index (κ2) is 4.59. The summed E-state index contributed by atoms with van der Waals surface area (Å²) < 4.78 is 15.9. The predicted molar refractivity (Wildman–Crippen MR) is 60.0 cm³/mol. The number of hydrogen-bond donors (Lipinski definition) is 2. The topological polar surface area (TPSA) is 65.7 Å². The molecule has 16 heavy (non-hydrogen) atoms. The third-order valence-electron chi connectivity index (χ3n) is 2.67. The van der Waals surface area contributed by atoms with E-state index in [9.17, 15) is 0 Å². The van der Waals surface area contributed by atoms with Crippen LogP contribution in [0.1, 0.15) is 11.6 Å². The van der Waals surface area contributed by atoms with Crippen LogP contribution in [0.25, 0.3) is 0 Å². The number of benzene rings is 1. The van der Waals surface area contributed by atoms with E-state index in [1.165, 1.54) is 0 Å². The van der Waals surface area contributed by atoms with Gasteiger partial charge in [-0.15, -0.1) is 0 Å². The Hall–Kier alpha value is -1.46. The molecular weight excluding hydrogens is 208 g/mol. The van der Waals surface area contributed by atoms with Crippen molar-refractivity contribution in [1.82, 2.24) is 5.32 Å². The summed E-state index contributed by atoms with van der Waals surface area (Å²) in [7, 11) is 3.48. The summed E-state index contributed by atoms with van der Waals surface area (Å²) in [6.45, 7) is 0.751. The average molecular weight is 224 g/mol. The summed E-state index contributed by atoms with van der Waals surface area (Å²) in [6.07, 6.45) is 0. The van der Waals surface area contributed by atoms with Crippen LogP contribution in [0.2, 0.25) is 0 Å². The van der Waals surface area contributed by atoms with Gasteiger partial charge < -0.3 is 25.3 Å². The maximum absolute atomic E-state index is 5.68. The molecule has 3 N–H and O–H groups in total. The molecule has 0 amide bonds. The Labute approximate surface area is 94.5 Å². The summed E-state index contributed by atoms with van der Waals surface area (Å²) in [6, 6.07) is 3.93. The Kier molecular flexibility index (Phi) is 3.17. The molecule has 1 aliphatic rings. The molecule has 1 unspecified atom stereocenters. The Bertz CT molecular complexity index is 378. The van der Waals surface area contributed by atoms with E-state index in [1.54, 1.807) is 7.11 Å². The van der Waals surface area contributed by atoms with Crippen LogP contribution >= 0.6 is 0 Å². The van der Waals surface area contributed by atoms with Crippen LogP contribution < -0.4 is 25.3 Å². The summed E-state index contributed by atoms with van der Waals surface area (Å²) >= 11 is 0. The lowest BCUT2D eigenvalue weighted by Crippen LogP contribution is -2.24. The number of rotatable bonds is 4. The van der Waals surface area contributed by atoms with Crippen LogP contribution in [0.3, 0.4) is 0 Å². The predicted octanol–water partition coefficient (Wildman–Crippen LogP) is 0.643. The van der Waals surface area contributed by atoms with Crippen molar-refractivity contribution in [1.29, 1.82) is 0 Å². The molecule has 0 aromatic heterocycles. The number of likely N-dealkylation sites (N-methyl/N-ethyl adjacent to an activating group) is 1. The first-order valence-corrected chi connectivity index (χ1v) is 5.15. The maximum Gasteiger partial charge on any atom is 0.231 e. The summed E-state index contributed by atoms with van der Waals surface area (Å²) in [5.41, 5.74) is 6.71. The van der Waals surface area contributed by atoms with Gasteiger partial charge in [0.15, 0.2) is 11.5 Å². The highest BCUT2D eigenvalue weighted by Gasteiger charge is 2.22. The smallest absolute Gasteiger partial charge is 0.231 e. The molecule has 5 nitrogen and oxygen atoms in total. The number of methoxy groups -OCH3 is 1. The molecule has 0 saturated carbocycles. The number of ether oxygens (including phenoxy) is 3. The standard InChI is InChI=1S/C11H16N2O3/c1-13-8(5-12)7-3-9(14-2)11-10(4-7)15-6-16-11/h3-4,8,13H,5-6,12H2,1-2H3. The quantitative estimate of drug-likeness (QED) is 0.785. The van der Waals surface area contributed by atoms with E-state index in [2.05, 4.69) is 5.32 Å². The van der Waals surface area contributed by atoms with Crippen LogP contribution in [-0.4, -0.2) is 27.5 Å². The fourth-order valence-corrected chi connectivity index (χ4v) is 1.77. The van der Waals surface area contributed by atoms with Crippen molar-refractivity contribution in [3.05, 3.63) is 17.7 Å². The number of nitrogens with two attached hydrogens (primary N) is 1. The summed E-state index contributed by atoms with van der Waals surface area (Å²) in [4.78, 5) is 0. The molecule has 5 heteroatoms. The molecule has 1 aromatic carbocycles. The third-order valence-corrected chi connectivity index (χ3v) is 2.67. The van der Waals surface area contributed by atoms with Crippen molar-refractivity contribution in [2.24, 2.45) is 5.73 Å². The van der Waals surface area contributed by atoms with E-state index in [-0.39, 0.29) is 12.8 Å². The second-order valence-corrected chi connectivity index (χ2v) is 3.53.